The van der Waals surface area contributed by atoms with Gasteiger partial charge in [-0.3, -0.25) is 9.89 Å². The fourth-order valence-electron chi connectivity index (χ4n) is 2.24. The topological polar surface area (TPSA) is 70.9 Å². The molecule has 112 valence electrons. The van der Waals surface area contributed by atoms with E-state index < -0.39 is 0 Å². The van der Waals surface area contributed by atoms with Crippen LogP contribution in [-0.4, -0.2) is 16.1 Å². The van der Waals surface area contributed by atoms with Crippen LogP contribution in [0.4, 0.5) is 0 Å². The molecule has 0 fully saturated rings. The number of rotatable bonds is 4. The van der Waals surface area contributed by atoms with Crippen molar-refractivity contribution < 1.29 is 9.21 Å². The number of hydrogen-bond acceptors (Lipinski definition) is 3. The van der Waals surface area contributed by atoms with E-state index in [2.05, 4.69) is 15.5 Å². The summed E-state index contributed by atoms with van der Waals surface area (Å²) in [4.78, 5) is 12.3. The number of carbonyl (C=O) groups excluding carboxylic acids is 1. The van der Waals surface area contributed by atoms with Crippen molar-refractivity contribution in [1.82, 2.24) is 15.5 Å². The maximum Gasteiger partial charge on any atom is 0.272 e. The Kier molecular flexibility index (Phi) is 3.78. The molecule has 0 aliphatic rings. The largest absolute Gasteiger partial charge is 0.460 e. The normalized spacial score (nSPS) is 12.1. The lowest BCUT2D eigenvalue weighted by molar-refractivity contribution is 0.0935. The van der Waals surface area contributed by atoms with Crippen LogP contribution in [0, 0.1) is 6.92 Å². The molecule has 5 nitrogen and oxygen atoms in total. The highest BCUT2D eigenvalue weighted by atomic mass is 16.3. The standard InChI is InChI=1S/C17H17N3O2/c1-11-8-9-16(22-11)14-10-15(20-19-14)17(21)18-12(2)13-6-4-3-5-7-13/h3-10,12H,1-2H3,(H,18,21)(H,19,20). The highest BCUT2D eigenvalue weighted by molar-refractivity contribution is 5.93. The van der Waals surface area contributed by atoms with Gasteiger partial charge in [0.05, 0.1) is 6.04 Å². The monoisotopic (exact) mass is 295 g/mol. The van der Waals surface area contributed by atoms with E-state index in [4.69, 9.17) is 4.42 Å². The number of aryl methyl sites for hydroxylation is 1. The Morgan fingerprint density at radius 2 is 2.00 bits per heavy atom. The SMILES string of the molecule is Cc1ccc(-c2cc(C(=O)NC(C)c3ccccc3)n[nH]2)o1. The van der Waals surface area contributed by atoms with E-state index >= 15 is 0 Å². The number of nitrogens with zero attached hydrogens (tertiary/aromatic N) is 1. The van der Waals surface area contributed by atoms with Gasteiger partial charge in [0, 0.05) is 6.07 Å². The molecule has 5 heteroatoms. The fourth-order valence-corrected chi connectivity index (χ4v) is 2.24. The fraction of sp³-hybridized carbons (Fsp3) is 0.176. The average Bonchev–Trinajstić information content (AvgIpc) is 3.16. The Hall–Kier alpha value is -2.82. The van der Waals surface area contributed by atoms with Crippen LogP contribution in [0.25, 0.3) is 11.5 Å². The summed E-state index contributed by atoms with van der Waals surface area (Å²) in [6.07, 6.45) is 0. The van der Waals surface area contributed by atoms with Crippen LogP contribution >= 0.6 is 0 Å². The van der Waals surface area contributed by atoms with Crippen molar-refractivity contribution in [3.8, 4) is 11.5 Å². The lowest BCUT2D eigenvalue weighted by Gasteiger charge is -2.12. The van der Waals surface area contributed by atoms with E-state index in [1.165, 1.54) is 0 Å². The summed E-state index contributed by atoms with van der Waals surface area (Å²) >= 11 is 0. The van der Waals surface area contributed by atoms with Gasteiger partial charge in [0.1, 0.15) is 11.5 Å². The molecule has 2 N–H and O–H groups in total. The second-order valence-electron chi connectivity index (χ2n) is 5.18. The summed E-state index contributed by atoms with van der Waals surface area (Å²) < 4.78 is 5.51. The minimum absolute atomic E-state index is 0.0836. The first-order valence-corrected chi connectivity index (χ1v) is 7.11. The molecule has 0 aliphatic heterocycles. The third-order valence-corrected chi connectivity index (χ3v) is 3.46. The molecule has 0 bridgehead atoms. The summed E-state index contributed by atoms with van der Waals surface area (Å²) in [5, 5.41) is 9.81. The summed E-state index contributed by atoms with van der Waals surface area (Å²) in [5.41, 5.74) is 2.07. The zero-order chi connectivity index (χ0) is 15.5. The third-order valence-electron chi connectivity index (χ3n) is 3.46. The van der Waals surface area contributed by atoms with Crippen LogP contribution in [0.2, 0.25) is 0 Å². The minimum Gasteiger partial charge on any atom is -0.460 e. The van der Waals surface area contributed by atoms with Gasteiger partial charge in [0.15, 0.2) is 11.5 Å². The van der Waals surface area contributed by atoms with Crippen molar-refractivity contribution in [3.05, 3.63) is 65.5 Å². The lowest BCUT2D eigenvalue weighted by atomic mass is 10.1. The molecule has 0 radical (unpaired) electrons. The molecule has 2 heterocycles. The van der Waals surface area contributed by atoms with Gasteiger partial charge >= 0.3 is 0 Å². The quantitative estimate of drug-likeness (QED) is 0.774. The molecule has 0 saturated carbocycles. The van der Waals surface area contributed by atoms with E-state index in [-0.39, 0.29) is 11.9 Å². The maximum atomic E-state index is 12.3. The molecule has 3 rings (SSSR count). The van der Waals surface area contributed by atoms with E-state index in [1.54, 1.807) is 6.07 Å². The number of aromatic amines is 1. The first-order valence-electron chi connectivity index (χ1n) is 7.11. The van der Waals surface area contributed by atoms with E-state index in [0.717, 1.165) is 11.3 Å². The second kappa shape index (κ2) is 5.89. The van der Waals surface area contributed by atoms with Gasteiger partial charge in [0.2, 0.25) is 0 Å². The third kappa shape index (κ3) is 2.93. The van der Waals surface area contributed by atoms with Crippen LogP contribution in [0.15, 0.2) is 52.9 Å². The van der Waals surface area contributed by atoms with E-state index in [0.29, 0.717) is 17.1 Å². The van der Waals surface area contributed by atoms with Crippen molar-refractivity contribution in [1.29, 1.82) is 0 Å². The van der Waals surface area contributed by atoms with Crippen LogP contribution in [0.1, 0.15) is 34.8 Å². The Balaban J connectivity index is 1.72. The van der Waals surface area contributed by atoms with Gasteiger partial charge in [-0.2, -0.15) is 5.10 Å². The Morgan fingerprint density at radius 1 is 1.23 bits per heavy atom. The van der Waals surface area contributed by atoms with E-state index in [1.807, 2.05) is 56.3 Å². The number of furan rings is 1. The van der Waals surface area contributed by atoms with E-state index in [9.17, 15) is 4.79 Å². The predicted octanol–water partition coefficient (Wildman–Crippen LogP) is 3.47. The van der Waals surface area contributed by atoms with Gasteiger partial charge < -0.3 is 9.73 Å². The first kappa shape index (κ1) is 14.1. The summed E-state index contributed by atoms with van der Waals surface area (Å²) in [7, 11) is 0. The molecule has 22 heavy (non-hydrogen) atoms. The molecule has 1 amide bonds. The molecular weight excluding hydrogens is 278 g/mol. The maximum absolute atomic E-state index is 12.3. The Labute approximate surface area is 128 Å². The zero-order valence-electron chi connectivity index (χ0n) is 12.5. The summed E-state index contributed by atoms with van der Waals surface area (Å²) in [6.45, 7) is 3.81. The van der Waals surface area contributed by atoms with Gasteiger partial charge in [-0.05, 0) is 31.5 Å². The van der Waals surface area contributed by atoms with Crippen LogP contribution in [0.5, 0.6) is 0 Å². The Morgan fingerprint density at radius 3 is 2.68 bits per heavy atom. The van der Waals surface area contributed by atoms with Gasteiger partial charge in [-0.1, -0.05) is 30.3 Å². The molecule has 0 saturated heterocycles. The number of benzene rings is 1. The molecule has 2 aromatic heterocycles. The number of amides is 1. The number of H-pyrrole nitrogens is 1. The molecule has 3 aromatic rings. The molecule has 1 atom stereocenters. The Bertz CT molecular complexity index is 774. The van der Waals surface area contributed by atoms with Crippen molar-refractivity contribution in [2.24, 2.45) is 0 Å². The molecule has 0 aliphatic carbocycles. The summed E-state index contributed by atoms with van der Waals surface area (Å²) in [6, 6.07) is 15.1. The van der Waals surface area contributed by atoms with Gasteiger partial charge in [0.25, 0.3) is 5.91 Å². The molecule has 1 aromatic carbocycles. The lowest BCUT2D eigenvalue weighted by Crippen LogP contribution is -2.26. The number of hydrogen-bond donors (Lipinski definition) is 2. The van der Waals surface area contributed by atoms with Crippen molar-refractivity contribution >= 4 is 5.91 Å². The van der Waals surface area contributed by atoms with Crippen molar-refractivity contribution in [2.75, 3.05) is 0 Å². The van der Waals surface area contributed by atoms with Crippen LogP contribution in [-0.2, 0) is 0 Å². The number of nitrogens with one attached hydrogen (secondary N) is 2. The smallest absolute Gasteiger partial charge is 0.272 e. The predicted molar refractivity (Wildman–Crippen MR) is 83.3 cm³/mol. The molecular formula is C17H17N3O2. The number of carbonyl (C=O) groups is 1. The minimum atomic E-state index is -0.220. The van der Waals surface area contributed by atoms with Crippen LogP contribution < -0.4 is 5.32 Å². The van der Waals surface area contributed by atoms with Crippen molar-refractivity contribution in [2.45, 2.75) is 19.9 Å². The zero-order valence-corrected chi connectivity index (χ0v) is 12.5. The molecule has 1 unspecified atom stereocenters. The second-order valence-corrected chi connectivity index (χ2v) is 5.18. The van der Waals surface area contributed by atoms with Gasteiger partial charge in [-0.15, -0.1) is 0 Å². The molecule has 0 spiro atoms. The highest BCUT2D eigenvalue weighted by Gasteiger charge is 2.15. The highest BCUT2D eigenvalue weighted by Crippen LogP contribution is 2.20. The number of aromatic nitrogens is 2. The average molecular weight is 295 g/mol. The first-order chi connectivity index (χ1) is 10.6. The summed E-state index contributed by atoms with van der Waals surface area (Å²) in [5.74, 6) is 1.26. The van der Waals surface area contributed by atoms with Crippen LogP contribution in [0.3, 0.4) is 0 Å². The van der Waals surface area contributed by atoms with Crippen molar-refractivity contribution in [3.63, 3.8) is 0 Å². The van der Waals surface area contributed by atoms with Gasteiger partial charge in [-0.25, -0.2) is 0 Å².